The maximum atomic E-state index is 13.2. The van der Waals surface area contributed by atoms with Crippen molar-refractivity contribution in [1.82, 2.24) is 0 Å². The molecule has 1 heterocycles. The zero-order chi connectivity index (χ0) is 26.7. The van der Waals surface area contributed by atoms with Gasteiger partial charge in [0.05, 0.1) is 31.6 Å². The first-order valence-electron chi connectivity index (χ1n) is 10.7. The summed E-state index contributed by atoms with van der Waals surface area (Å²) in [5.74, 6) is 0.644. The van der Waals surface area contributed by atoms with Crippen LogP contribution in [-0.4, -0.2) is 21.8 Å². The highest BCUT2D eigenvalue weighted by Gasteiger charge is 2.34. The lowest BCUT2D eigenvalue weighted by Crippen LogP contribution is -2.27. The molecule has 0 unspecified atom stereocenters. The lowest BCUT2D eigenvalue weighted by molar-refractivity contribution is -0.384. The minimum Gasteiger partial charge on any atom is -0.490 e. The van der Waals surface area contributed by atoms with Gasteiger partial charge in [-0.15, -0.1) is 0 Å². The third kappa shape index (κ3) is 6.27. The Morgan fingerprint density at radius 3 is 2.51 bits per heavy atom. The van der Waals surface area contributed by atoms with Crippen LogP contribution in [0.2, 0.25) is 10.0 Å². The molecule has 0 radical (unpaired) electrons. The highest BCUT2D eigenvalue weighted by Crippen LogP contribution is 2.42. The topological polar surface area (TPSA) is 81.9 Å². The quantitative estimate of drug-likeness (QED) is 0.107. The Kier molecular flexibility index (Phi) is 8.76. The van der Waals surface area contributed by atoms with Crippen molar-refractivity contribution >= 4 is 90.8 Å². The van der Waals surface area contributed by atoms with E-state index in [2.05, 4.69) is 15.9 Å². The zero-order valence-electron chi connectivity index (χ0n) is 19.1. The number of halogens is 3. The zero-order valence-corrected chi connectivity index (χ0v) is 23.8. The van der Waals surface area contributed by atoms with Gasteiger partial charge in [-0.3, -0.25) is 19.8 Å². The van der Waals surface area contributed by atoms with Gasteiger partial charge in [0.15, 0.2) is 15.8 Å². The molecular weight excluding hydrogens is 623 g/mol. The molecular formula is C25H17BrCl2N2O5S2. The second-order valence-corrected chi connectivity index (χ2v) is 11.0. The molecule has 0 bridgehead atoms. The van der Waals surface area contributed by atoms with Crippen LogP contribution in [0, 0.1) is 10.1 Å². The molecule has 1 aliphatic heterocycles. The maximum Gasteiger partial charge on any atom is 0.270 e. The number of thioether (sulfide) groups is 1. The molecule has 1 aliphatic rings. The van der Waals surface area contributed by atoms with Gasteiger partial charge in [0.25, 0.3) is 11.6 Å². The minimum absolute atomic E-state index is 0.00744. The van der Waals surface area contributed by atoms with Gasteiger partial charge < -0.3 is 9.47 Å². The van der Waals surface area contributed by atoms with E-state index in [1.54, 1.807) is 48.5 Å². The van der Waals surface area contributed by atoms with E-state index >= 15 is 0 Å². The van der Waals surface area contributed by atoms with E-state index in [9.17, 15) is 14.9 Å². The first-order valence-corrected chi connectivity index (χ1v) is 13.5. The van der Waals surface area contributed by atoms with Crippen LogP contribution < -0.4 is 14.4 Å². The van der Waals surface area contributed by atoms with E-state index in [1.165, 1.54) is 28.8 Å². The molecule has 0 aliphatic carbocycles. The molecule has 0 N–H and O–H groups in total. The number of carbonyl (C=O) groups excluding carboxylic acids is 1. The molecule has 190 valence electrons. The van der Waals surface area contributed by atoms with Crippen molar-refractivity contribution in [3.8, 4) is 11.5 Å². The predicted octanol–water partition coefficient (Wildman–Crippen LogP) is 8.05. The number of non-ortho nitro benzene ring substituents is 1. The Morgan fingerprint density at radius 2 is 1.86 bits per heavy atom. The molecule has 1 saturated heterocycles. The maximum absolute atomic E-state index is 13.2. The van der Waals surface area contributed by atoms with Crippen LogP contribution in [0.1, 0.15) is 18.1 Å². The van der Waals surface area contributed by atoms with Crippen molar-refractivity contribution in [2.75, 3.05) is 11.5 Å². The van der Waals surface area contributed by atoms with Crippen molar-refractivity contribution in [3.05, 3.63) is 95.3 Å². The second-order valence-electron chi connectivity index (χ2n) is 7.59. The summed E-state index contributed by atoms with van der Waals surface area (Å²) in [6.45, 7) is 2.42. The van der Waals surface area contributed by atoms with E-state index in [0.717, 1.165) is 5.56 Å². The molecule has 7 nitrogen and oxygen atoms in total. The average molecular weight is 640 g/mol. The molecule has 12 heteroatoms. The van der Waals surface area contributed by atoms with Gasteiger partial charge in [-0.05, 0) is 82.5 Å². The number of nitrogens with zero attached hydrogens (tertiary/aromatic N) is 2. The molecule has 0 spiro atoms. The predicted molar refractivity (Wildman–Crippen MR) is 155 cm³/mol. The lowest BCUT2D eigenvalue weighted by atomic mass is 10.1. The number of ether oxygens (including phenoxy) is 2. The highest BCUT2D eigenvalue weighted by atomic mass is 79.9. The molecule has 4 rings (SSSR count). The van der Waals surface area contributed by atoms with Gasteiger partial charge in [-0.25, -0.2) is 0 Å². The van der Waals surface area contributed by atoms with E-state index in [0.29, 0.717) is 53.1 Å². The van der Waals surface area contributed by atoms with Gasteiger partial charge in [-0.1, -0.05) is 47.2 Å². The minimum atomic E-state index is -0.453. The molecule has 37 heavy (non-hydrogen) atoms. The molecule has 1 fully saturated rings. The standard InChI is InChI=1S/C25H17BrCl2N2O5S2/c1-2-34-21-10-15(9-18(26)23(21)35-13-14-3-6-17(7-4-14)30(32)33)11-22-24(31)29(25(36)37-22)20-8-5-16(27)12-19(20)28/h3-12H,2,13H2,1H3/b22-11-. The number of nitro benzene ring substituents is 1. The number of nitro groups is 1. The monoisotopic (exact) mass is 638 g/mol. The van der Waals surface area contributed by atoms with Gasteiger partial charge >= 0.3 is 0 Å². The number of anilines is 1. The van der Waals surface area contributed by atoms with Crippen LogP contribution in [0.15, 0.2) is 64.0 Å². The third-order valence-corrected chi connectivity index (χ3v) is 7.53. The van der Waals surface area contributed by atoms with E-state index in [-0.39, 0.29) is 18.2 Å². The smallest absolute Gasteiger partial charge is 0.270 e. The number of rotatable bonds is 8. The third-order valence-electron chi connectivity index (χ3n) is 5.10. The van der Waals surface area contributed by atoms with Gasteiger partial charge in [0.1, 0.15) is 6.61 Å². The van der Waals surface area contributed by atoms with Crippen LogP contribution in [0.5, 0.6) is 11.5 Å². The Labute approximate surface area is 240 Å². The molecule has 3 aromatic rings. The largest absolute Gasteiger partial charge is 0.490 e. The summed E-state index contributed by atoms with van der Waals surface area (Å²) >= 11 is 22.4. The number of hydrogen-bond acceptors (Lipinski definition) is 7. The van der Waals surface area contributed by atoms with E-state index in [1.807, 2.05) is 6.92 Å². The summed E-state index contributed by atoms with van der Waals surface area (Å²) in [6.07, 6.45) is 1.72. The molecule has 0 aromatic heterocycles. The summed E-state index contributed by atoms with van der Waals surface area (Å²) in [4.78, 5) is 25.4. The number of thiocarbonyl (C=S) groups is 1. The summed E-state index contributed by atoms with van der Waals surface area (Å²) < 4.78 is 12.7. The van der Waals surface area contributed by atoms with Crippen molar-refractivity contribution in [2.45, 2.75) is 13.5 Å². The summed E-state index contributed by atoms with van der Waals surface area (Å²) in [5.41, 5.74) is 1.92. The summed E-state index contributed by atoms with van der Waals surface area (Å²) in [6, 6.07) is 14.5. The first-order chi connectivity index (χ1) is 17.7. The van der Waals surface area contributed by atoms with Crippen LogP contribution in [0.25, 0.3) is 6.08 Å². The Bertz CT molecular complexity index is 1430. The van der Waals surface area contributed by atoms with Gasteiger partial charge in [-0.2, -0.15) is 0 Å². The summed E-state index contributed by atoms with van der Waals surface area (Å²) in [5, 5.41) is 11.6. The van der Waals surface area contributed by atoms with E-state index < -0.39 is 4.92 Å². The van der Waals surface area contributed by atoms with Gasteiger partial charge in [0, 0.05) is 17.2 Å². The number of carbonyl (C=O) groups is 1. The number of amides is 1. The number of benzene rings is 3. The van der Waals surface area contributed by atoms with Gasteiger partial charge in [0.2, 0.25) is 0 Å². The van der Waals surface area contributed by atoms with Crippen molar-refractivity contribution in [1.29, 1.82) is 0 Å². The Balaban J connectivity index is 1.58. The van der Waals surface area contributed by atoms with Crippen molar-refractivity contribution in [2.24, 2.45) is 0 Å². The SMILES string of the molecule is CCOc1cc(/C=C2\SC(=S)N(c3ccc(Cl)cc3Cl)C2=O)cc(Br)c1OCc1ccc([N+](=O)[O-])cc1. The van der Waals surface area contributed by atoms with Crippen LogP contribution in [0.4, 0.5) is 11.4 Å². The van der Waals surface area contributed by atoms with Crippen LogP contribution >= 0.6 is 63.1 Å². The van der Waals surface area contributed by atoms with Crippen LogP contribution in [-0.2, 0) is 11.4 Å². The average Bonchev–Trinajstić information content (AvgIpc) is 3.11. The molecule has 3 aromatic carbocycles. The molecule has 0 saturated carbocycles. The Morgan fingerprint density at radius 1 is 1.14 bits per heavy atom. The summed E-state index contributed by atoms with van der Waals surface area (Å²) in [7, 11) is 0. The van der Waals surface area contributed by atoms with Crippen molar-refractivity contribution in [3.63, 3.8) is 0 Å². The number of hydrogen-bond donors (Lipinski definition) is 0. The fraction of sp³-hybridized carbons (Fsp3) is 0.120. The first kappa shape index (κ1) is 27.4. The fourth-order valence-electron chi connectivity index (χ4n) is 3.43. The van der Waals surface area contributed by atoms with E-state index in [4.69, 9.17) is 44.9 Å². The molecule has 1 amide bonds. The normalized spacial score (nSPS) is 14.4. The van der Waals surface area contributed by atoms with Crippen molar-refractivity contribution < 1.29 is 19.2 Å². The lowest BCUT2D eigenvalue weighted by Gasteiger charge is -2.16. The molecule has 0 atom stereocenters. The Hall–Kier alpha value is -2.63. The second kappa shape index (κ2) is 11.8. The highest BCUT2D eigenvalue weighted by molar-refractivity contribution is 9.10. The van der Waals surface area contributed by atoms with Crippen LogP contribution in [0.3, 0.4) is 0 Å². The fourth-order valence-corrected chi connectivity index (χ4v) is 5.79.